The minimum Gasteiger partial charge on any atom is -0.436 e. The highest BCUT2D eigenvalue weighted by Gasteiger charge is 2.30. The van der Waals surface area contributed by atoms with Gasteiger partial charge in [0.05, 0.1) is 6.61 Å². The molecule has 0 radical (unpaired) electrons. The standard InChI is InChI=1S/C18H16ClN3O2/c1-18(10-23-9-16(20)22-18)12-4-2-3-11(7-12)17-21-14-6-5-13(19)8-15(14)24-17/h2-8H,9-10H2,1H3,(H2,20,22). The Morgan fingerprint density at radius 3 is 2.92 bits per heavy atom. The molecule has 6 heteroatoms. The molecule has 2 heterocycles. The van der Waals surface area contributed by atoms with E-state index < -0.39 is 5.54 Å². The van der Waals surface area contributed by atoms with Crippen molar-refractivity contribution in [3.05, 3.63) is 53.1 Å². The number of hydrogen-bond acceptors (Lipinski definition) is 5. The lowest BCUT2D eigenvalue weighted by Gasteiger charge is -2.30. The number of aromatic nitrogens is 1. The van der Waals surface area contributed by atoms with Crippen molar-refractivity contribution in [2.24, 2.45) is 10.7 Å². The predicted molar refractivity (Wildman–Crippen MR) is 94.2 cm³/mol. The smallest absolute Gasteiger partial charge is 0.227 e. The molecule has 0 amide bonds. The first-order chi connectivity index (χ1) is 11.5. The van der Waals surface area contributed by atoms with Crippen LogP contribution < -0.4 is 5.73 Å². The van der Waals surface area contributed by atoms with Gasteiger partial charge < -0.3 is 14.9 Å². The third-order valence-electron chi connectivity index (χ3n) is 4.11. The Balaban J connectivity index is 1.78. The maximum absolute atomic E-state index is 6.00. The molecule has 24 heavy (non-hydrogen) atoms. The Morgan fingerprint density at radius 1 is 1.21 bits per heavy atom. The summed E-state index contributed by atoms with van der Waals surface area (Å²) in [5.74, 6) is 1.05. The van der Waals surface area contributed by atoms with E-state index in [9.17, 15) is 0 Å². The number of aliphatic imine (C=N–C) groups is 1. The predicted octanol–water partition coefficient (Wildman–Crippen LogP) is 3.75. The second-order valence-corrected chi connectivity index (χ2v) is 6.52. The van der Waals surface area contributed by atoms with Crippen LogP contribution in [0.5, 0.6) is 0 Å². The zero-order valence-corrected chi connectivity index (χ0v) is 13.9. The number of nitrogens with zero attached hydrogens (tertiary/aromatic N) is 2. The maximum atomic E-state index is 6.00. The molecule has 1 aromatic heterocycles. The van der Waals surface area contributed by atoms with Crippen molar-refractivity contribution in [1.82, 2.24) is 4.98 Å². The molecule has 122 valence electrons. The minimum absolute atomic E-state index is 0.376. The number of oxazole rings is 1. The van der Waals surface area contributed by atoms with Crippen LogP contribution in [0.3, 0.4) is 0 Å². The monoisotopic (exact) mass is 341 g/mol. The molecule has 0 fully saturated rings. The Hall–Kier alpha value is -2.37. The Bertz CT molecular complexity index is 950. The van der Waals surface area contributed by atoms with E-state index in [4.69, 9.17) is 26.5 Å². The van der Waals surface area contributed by atoms with E-state index in [1.54, 1.807) is 12.1 Å². The molecule has 1 unspecified atom stereocenters. The second kappa shape index (κ2) is 5.61. The topological polar surface area (TPSA) is 73.6 Å². The molecule has 0 spiro atoms. The number of benzene rings is 2. The van der Waals surface area contributed by atoms with Gasteiger partial charge in [-0.25, -0.2) is 4.98 Å². The highest BCUT2D eigenvalue weighted by atomic mass is 35.5. The number of hydrogen-bond donors (Lipinski definition) is 1. The minimum atomic E-state index is -0.506. The summed E-state index contributed by atoms with van der Waals surface area (Å²) < 4.78 is 11.4. The fourth-order valence-corrected chi connectivity index (χ4v) is 3.05. The van der Waals surface area contributed by atoms with Crippen molar-refractivity contribution < 1.29 is 9.15 Å². The second-order valence-electron chi connectivity index (χ2n) is 6.08. The maximum Gasteiger partial charge on any atom is 0.227 e. The van der Waals surface area contributed by atoms with E-state index >= 15 is 0 Å². The highest BCUT2D eigenvalue weighted by Crippen LogP contribution is 2.32. The number of halogens is 1. The van der Waals surface area contributed by atoms with E-state index in [0.29, 0.717) is 35.5 Å². The first-order valence-electron chi connectivity index (χ1n) is 7.62. The molecule has 0 bridgehead atoms. The van der Waals surface area contributed by atoms with Gasteiger partial charge in [0.1, 0.15) is 23.5 Å². The van der Waals surface area contributed by atoms with Gasteiger partial charge in [-0.1, -0.05) is 23.7 Å². The van der Waals surface area contributed by atoms with Crippen LogP contribution in [-0.4, -0.2) is 24.0 Å². The zero-order valence-electron chi connectivity index (χ0n) is 13.1. The lowest BCUT2D eigenvalue weighted by molar-refractivity contribution is 0.106. The molecule has 0 aliphatic carbocycles. The van der Waals surface area contributed by atoms with Crippen LogP contribution in [0.4, 0.5) is 0 Å². The molecule has 0 saturated heterocycles. The third kappa shape index (κ3) is 2.66. The number of ether oxygens (including phenoxy) is 1. The van der Waals surface area contributed by atoms with Gasteiger partial charge >= 0.3 is 0 Å². The van der Waals surface area contributed by atoms with Gasteiger partial charge in [-0.05, 0) is 36.8 Å². The van der Waals surface area contributed by atoms with E-state index in [1.165, 1.54) is 0 Å². The number of fused-ring (bicyclic) bond motifs is 1. The fraction of sp³-hybridized carbons (Fsp3) is 0.222. The van der Waals surface area contributed by atoms with E-state index in [1.807, 2.05) is 37.3 Å². The molecular weight excluding hydrogens is 326 g/mol. The highest BCUT2D eigenvalue weighted by molar-refractivity contribution is 6.31. The summed E-state index contributed by atoms with van der Waals surface area (Å²) in [7, 11) is 0. The Labute approximate surface area is 144 Å². The van der Waals surface area contributed by atoms with E-state index in [2.05, 4.69) is 9.98 Å². The molecule has 5 nitrogen and oxygen atoms in total. The SMILES string of the molecule is CC1(c2cccc(-c3nc4ccc(Cl)cc4o3)c2)COCC(N)=N1. The number of amidine groups is 1. The molecule has 2 aromatic carbocycles. The molecule has 1 aliphatic rings. The van der Waals surface area contributed by atoms with Crippen molar-refractivity contribution in [1.29, 1.82) is 0 Å². The van der Waals surface area contributed by atoms with Crippen LogP contribution in [-0.2, 0) is 10.3 Å². The average Bonchev–Trinajstić information content (AvgIpc) is 2.98. The largest absolute Gasteiger partial charge is 0.436 e. The lowest BCUT2D eigenvalue weighted by atomic mass is 9.91. The van der Waals surface area contributed by atoms with Gasteiger partial charge in [-0.2, -0.15) is 0 Å². The van der Waals surface area contributed by atoms with Crippen molar-refractivity contribution >= 4 is 28.5 Å². The first kappa shape index (κ1) is 15.2. The van der Waals surface area contributed by atoms with Crippen LogP contribution in [0, 0.1) is 0 Å². The average molecular weight is 342 g/mol. The van der Waals surface area contributed by atoms with Gasteiger partial charge in [0.25, 0.3) is 0 Å². The summed E-state index contributed by atoms with van der Waals surface area (Å²) in [5.41, 5.74) is 8.65. The van der Waals surface area contributed by atoms with Crippen molar-refractivity contribution in [3.8, 4) is 11.5 Å². The molecule has 1 atom stereocenters. The van der Waals surface area contributed by atoms with Gasteiger partial charge in [0.2, 0.25) is 5.89 Å². The van der Waals surface area contributed by atoms with Gasteiger partial charge in [0, 0.05) is 16.7 Å². The summed E-state index contributed by atoms with van der Waals surface area (Å²) >= 11 is 6.00. The summed E-state index contributed by atoms with van der Waals surface area (Å²) in [5, 5.41) is 0.621. The van der Waals surface area contributed by atoms with E-state index in [0.717, 1.165) is 16.6 Å². The molecule has 2 N–H and O–H groups in total. The van der Waals surface area contributed by atoms with Crippen LogP contribution in [0.15, 0.2) is 51.9 Å². The number of rotatable bonds is 2. The van der Waals surface area contributed by atoms with Crippen LogP contribution in [0.25, 0.3) is 22.6 Å². The fourth-order valence-electron chi connectivity index (χ4n) is 2.89. The summed E-state index contributed by atoms with van der Waals surface area (Å²) in [6.45, 7) is 2.87. The van der Waals surface area contributed by atoms with E-state index in [-0.39, 0.29) is 0 Å². The van der Waals surface area contributed by atoms with Gasteiger partial charge in [-0.3, -0.25) is 4.99 Å². The quantitative estimate of drug-likeness (QED) is 0.770. The van der Waals surface area contributed by atoms with Crippen LogP contribution in [0.1, 0.15) is 12.5 Å². The molecule has 0 saturated carbocycles. The normalized spacial score (nSPS) is 21.0. The molecule has 1 aliphatic heterocycles. The molecular formula is C18H16ClN3O2. The lowest BCUT2D eigenvalue weighted by Crippen LogP contribution is -2.37. The molecule has 3 aromatic rings. The summed E-state index contributed by atoms with van der Waals surface area (Å²) in [6, 6.07) is 13.3. The van der Waals surface area contributed by atoms with Crippen molar-refractivity contribution in [2.75, 3.05) is 13.2 Å². The Morgan fingerprint density at radius 2 is 2.08 bits per heavy atom. The Kier molecular flexibility index (Phi) is 3.55. The third-order valence-corrected chi connectivity index (χ3v) is 4.34. The summed E-state index contributed by atoms with van der Waals surface area (Å²) in [4.78, 5) is 9.11. The number of nitrogens with two attached hydrogens (primary N) is 1. The van der Waals surface area contributed by atoms with Gasteiger partial charge in [-0.15, -0.1) is 0 Å². The van der Waals surface area contributed by atoms with Crippen molar-refractivity contribution in [3.63, 3.8) is 0 Å². The summed E-state index contributed by atoms with van der Waals surface area (Å²) in [6.07, 6.45) is 0. The van der Waals surface area contributed by atoms with Crippen LogP contribution >= 0.6 is 11.6 Å². The van der Waals surface area contributed by atoms with Crippen LogP contribution in [0.2, 0.25) is 5.02 Å². The zero-order chi connectivity index (χ0) is 16.7. The van der Waals surface area contributed by atoms with Gasteiger partial charge in [0.15, 0.2) is 5.58 Å². The first-order valence-corrected chi connectivity index (χ1v) is 8.00. The molecule has 4 rings (SSSR count). The van der Waals surface area contributed by atoms with Crippen molar-refractivity contribution in [2.45, 2.75) is 12.5 Å².